The molecule has 1 heterocycles. The van der Waals surface area contributed by atoms with Gasteiger partial charge >= 0.3 is 0 Å². The SMILES string of the molecule is CC(NS(=O)(=O)c1cnn(CCCN)c1)C1CCCCC1. The van der Waals surface area contributed by atoms with E-state index in [0.717, 1.165) is 19.3 Å². The van der Waals surface area contributed by atoms with E-state index in [1.165, 1.54) is 25.5 Å². The van der Waals surface area contributed by atoms with Gasteiger partial charge in [-0.15, -0.1) is 0 Å². The van der Waals surface area contributed by atoms with Crippen LogP contribution in [0.5, 0.6) is 0 Å². The van der Waals surface area contributed by atoms with Gasteiger partial charge in [0.25, 0.3) is 0 Å². The topological polar surface area (TPSA) is 90.0 Å². The lowest BCUT2D eigenvalue weighted by Crippen LogP contribution is -2.38. The molecule has 1 saturated carbocycles. The summed E-state index contributed by atoms with van der Waals surface area (Å²) in [6.45, 7) is 3.18. The van der Waals surface area contributed by atoms with E-state index < -0.39 is 10.0 Å². The van der Waals surface area contributed by atoms with Gasteiger partial charge in [0.2, 0.25) is 10.0 Å². The molecule has 120 valence electrons. The number of nitrogens with one attached hydrogen (secondary N) is 1. The maximum absolute atomic E-state index is 12.4. The highest BCUT2D eigenvalue weighted by atomic mass is 32.2. The summed E-state index contributed by atoms with van der Waals surface area (Å²) in [4.78, 5) is 0.238. The Kier molecular flexibility index (Phi) is 5.78. The molecule has 6 nitrogen and oxygen atoms in total. The number of aromatic nitrogens is 2. The molecule has 0 radical (unpaired) electrons. The molecule has 7 heteroatoms. The van der Waals surface area contributed by atoms with Gasteiger partial charge in [0.15, 0.2) is 0 Å². The predicted octanol–water partition coefficient (Wildman–Crippen LogP) is 1.48. The highest BCUT2D eigenvalue weighted by molar-refractivity contribution is 7.89. The van der Waals surface area contributed by atoms with Gasteiger partial charge in [-0.25, -0.2) is 13.1 Å². The van der Waals surface area contributed by atoms with E-state index in [2.05, 4.69) is 9.82 Å². The second-order valence-corrected chi connectivity index (χ2v) is 7.60. The monoisotopic (exact) mass is 314 g/mol. The van der Waals surface area contributed by atoms with Crippen molar-refractivity contribution in [2.75, 3.05) is 6.54 Å². The molecule has 3 N–H and O–H groups in total. The molecule has 21 heavy (non-hydrogen) atoms. The van der Waals surface area contributed by atoms with E-state index in [1.54, 1.807) is 10.9 Å². The predicted molar refractivity (Wildman–Crippen MR) is 82.3 cm³/mol. The molecule has 2 rings (SSSR count). The van der Waals surface area contributed by atoms with Crippen molar-refractivity contribution in [3.8, 4) is 0 Å². The molecule has 1 atom stereocenters. The molecule has 1 aliphatic carbocycles. The quantitative estimate of drug-likeness (QED) is 0.797. The third-order valence-electron chi connectivity index (χ3n) is 4.21. The number of aryl methyl sites for hydroxylation is 1. The lowest BCUT2D eigenvalue weighted by molar-refractivity contribution is 0.303. The third-order valence-corrected chi connectivity index (χ3v) is 5.72. The second-order valence-electron chi connectivity index (χ2n) is 5.89. The van der Waals surface area contributed by atoms with Crippen molar-refractivity contribution in [3.05, 3.63) is 12.4 Å². The van der Waals surface area contributed by atoms with Gasteiger partial charge < -0.3 is 5.73 Å². The Labute approximate surface area is 127 Å². The number of hydrogen-bond acceptors (Lipinski definition) is 4. The van der Waals surface area contributed by atoms with Crippen LogP contribution in [0.2, 0.25) is 0 Å². The van der Waals surface area contributed by atoms with Crippen LogP contribution in [0.25, 0.3) is 0 Å². The highest BCUT2D eigenvalue weighted by Crippen LogP contribution is 2.27. The first kappa shape index (κ1) is 16.5. The zero-order valence-electron chi connectivity index (χ0n) is 12.7. The van der Waals surface area contributed by atoms with Gasteiger partial charge in [0, 0.05) is 18.8 Å². The first-order valence-corrected chi connectivity index (χ1v) is 9.26. The van der Waals surface area contributed by atoms with Crippen molar-refractivity contribution in [2.24, 2.45) is 11.7 Å². The van der Waals surface area contributed by atoms with Crippen LogP contribution in [0.1, 0.15) is 45.4 Å². The highest BCUT2D eigenvalue weighted by Gasteiger charge is 2.25. The summed E-state index contributed by atoms with van der Waals surface area (Å²) in [5.74, 6) is 0.445. The molecule has 0 aromatic carbocycles. The van der Waals surface area contributed by atoms with Crippen molar-refractivity contribution < 1.29 is 8.42 Å². The van der Waals surface area contributed by atoms with Crippen LogP contribution >= 0.6 is 0 Å². The number of nitrogens with zero attached hydrogens (tertiary/aromatic N) is 2. The minimum absolute atomic E-state index is 0.0253. The van der Waals surface area contributed by atoms with E-state index in [4.69, 9.17) is 5.73 Å². The van der Waals surface area contributed by atoms with E-state index in [9.17, 15) is 8.42 Å². The van der Waals surface area contributed by atoms with Crippen molar-refractivity contribution in [1.29, 1.82) is 0 Å². The fourth-order valence-electron chi connectivity index (χ4n) is 2.90. The van der Waals surface area contributed by atoms with Crippen LogP contribution in [-0.4, -0.2) is 30.8 Å². The lowest BCUT2D eigenvalue weighted by Gasteiger charge is -2.27. The molecule has 0 amide bonds. The Morgan fingerprint density at radius 2 is 2.14 bits per heavy atom. The number of hydrogen-bond donors (Lipinski definition) is 2. The average molecular weight is 314 g/mol. The molecule has 0 bridgehead atoms. The van der Waals surface area contributed by atoms with Crippen molar-refractivity contribution in [1.82, 2.24) is 14.5 Å². The molecule has 1 aliphatic rings. The van der Waals surface area contributed by atoms with Gasteiger partial charge in [-0.3, -0.25) is 4.68 Å². The Morgan fingerprint density at radius 1 is 1.43 bits per heavy atom. The standard InChI is InChI=1S/C14H26N4O2S/c1-12(13-6-3-2-4-7-13)17-21(19,20)14-10-16-18(11-14)9-5-8-15/h10-13,17H,2-9,15H2,1H3. The molecule has 0 saturated heterocycles. The molecule has 1 aromatic heterocycles. The summed E-state index contributed by atoms with van der Waals surface area (Å²) in [5, 5.41) is 4.08. The second kappa shape index (κ2) is 7.38. The molecule has 1 unspecified atom stereocenters. The van der Waals surface area contributed by atoms with Gasteiger partial charge in [-0.1, -0.05) is 19.3 Å². The van der Waals surface area contributed by atoms with Crippen LogP contribution in [0.15, 0.2) is 17.3 Å². The van der Waals surface area contributed by atoms with Gasteiger partial charge in [-0.05, 0) is 38.6 Å². The summed E-state index contributed by atoms with van der Waals surface area (Å²) in [6, 6.07) is -0.0253. The zero-order chi connectivity index (χ0) is 15.3. The van der Waals surface area contributed by atoms with Crippen molar-refractivity contribution >= 4 is 10.0 Å². The van der Waals surface area contributed by atoms with Crippen LogP contribution < -0.4 is 10.5 Å². The average Bonchev–Trinajstić information content (AvgIpc) is 2.95. The van der Waals surface area contributed by atoms with Crippen LogP contribution in [-0.2, 0) is 16.6 Å². The first-order valence-electron chi connectivity index (χ1n) is 7.78. The first-order chi connectivity index (χ1) is 10.0. The molecular formula is C14H26N4O2S. The molecule has 0 aliphatic heterocycles. The summed E-state index contributed by atoms with van der Waals surface area (Å²) < 4.78 is 29.2. The molecule has 0 spiro atoms. The van der Waals surface area contributed by atoms with Gasteiger partial charge in [-0.2, -0.15) is 5.10 Å². The maximum atomic E-state index is 12.4. The van der Waals surface area contributed by atoms with E-state index in [-0.39, 0.29) is 10.9 Å². The van der Waals surface area contributed by atoms with Crippen molar-refractivity contribution in [2.45, 2.75) is 62.9 Å². The molecule has 1 fully saturated rings. The fraction of sp³-hybridized carbons (Fsp3) is 0.786. The lowest BCUT2D eigenvalue weighted by atomic mass is 9.85. The Morgan fingerprint density at radius 3 is 2.81 bits per heavy atom. The van der Waals surface area contributed by atoms with Crippen molar-refractivity contribution in [3.63, 3.8) is 0 Å². The maximum Gasteiger partial charge on any atom is 0.243 e. The van der Waals surface area contributed by atoms with Gasteiger partial charge in [0.1, 0.15) is 4.90 Å². The zero-order valence-corrected chi connectivity index (χ0v) is 13.5. The van der Waals surface area contributed by atoms with Crippen LogP contribution in [0, 0.1) is 5.92 Å². The Bertz CT molecular complexity index is 535. The van der Waals surface area contributed by atoms with E-state index in [0.29, 0.717) is 19.0 Å². The van der Waals surface area contributed by atoms with E-state index >= 15 is 0 Å². The minimum atomic E-state index is -3.48. The fourth-order valence-corrected chi connectivity index (χ4v) is 4.17. The van der Waals surface area contributed by atoms with Crippen LogP contribution in [0.4, 0.5) is 0 Å². The largest absolute Gasteiger partial charge is 0.330 e. The van der Waals surface area contributed by atoms with Gasteiger partial charge in [0.05, 0.1) is 6.20 Å². The summed E-state index contributed by atoms with van der Waals surface area (Å²) >= 11 is 0. The summed E-state index contributed by atoms with van der Waals surface area (Å²) in [7, 11) is -3.48. The normalized spacial score (nSPS) is 18.8. The molecule has 1 aromatic rings. The Hall–Kier alpha value is -0.920. The minimum Gasteiger partial charge on any atom is -0.330 e. The molecular weight excluding hydrogens is 288 g/mol. The summed E-state index contributed by atoms with van der Waals surface area (Å²) in [5.41, 5.74) is 5.45. The number of sulfonamides is 1. The van der Waals surface area contributed by atoms with E-state index in [1.807, 2.05) is 6.92 Å². The Balaban J connectivity index is 1.98. The third kappa shape index (κ3) is 4.52. The van der Waals surface area contributed by atoms with Crippen LogP contribution in [0.3, 0.4) is 0 Å². The number of nitrogens with two attached hydrogens (primary N) is 1. The number of rotatable bonds is 7. The smallest absolute Gasteiger partial charge is 0.243 e. The summed E-state index contributed by atoms with van der Waals surface area (Å²) in [6.07, 6.45) is 9.66.